The standard InChI is InChI=1S/C25H21F2N3O4/c1-34-21-4-2-3-20(13-21)30-24(32)22(14-23(31)28-19-11-9-18(27)10-12-19)29(25(30)33)15-16-5-7-17(26)8-6-16/h2-13,22H,14-15H2,1H3,(H,28,31)/t22-/m0/s1. The van der Waals surface area contributed by atoms with E-state index in [2.05, 4.69) is 5.32 Å². The van der Waals surface area contributed by atoms with E-state index in [0.29, 0.717) is 22.7 Å². The average molecular weight is 465 g/mol. The van der Waals surface area contributed by atoms with Crippen molar-refractivity contribution in [3.05, 3.63) is 90.0 Å². The van der Waals surface area contributed by atoms with Gasteiger partial charge in [0.1, 0.15) is 23.4 Å². The van der Waals surface area contributed by atoms with Gasteiger partial charge < -0.3 is 15.0 Å². The molecule has 1 aliphatic rings. The number of carbonyl (C=O) groups excluding carboxylic acids is 3. The molecule has 4 rings (SSSR count). The summed E-state index contributed by atoms with van der Waals surface area (Å²) in [5, 5.41) is 2.61. The summed E-state index contributed by atoms with van der Waals surface area (Å²) in [6.45, 7) is -0.000182. The number of rotatable bonds is 7. The monoisotopic (exact) mass is 465 g/mol. The molecule has 1 N–H and O–H groups in total. The molecule has 3 aromatic carbocycles. The molecule has 0 radical (unpaired) electrons. The number of carbonyl (C=O) groups is 3. The summed E-state index contributed by atoms with van der Waals surface area (Å²) in [7, 11) is 1.47. The average Bonchev–Trinajstić information content (AvgIpc) is 3.05. The minimum Gasteiger partial charge on any atom is -0.497 e. The Morgan fingerprint density at radius 2 is 1.62 bits per heavy atom. The number of halogens is 2. The van der Waals surface area contributed by atoms with Gasteiger partial charge in [-0.2, -0.15) is 0 Å². The maximum absolute atomic E-state index is 13.3. The van der Waals surface area contributed by atoms with Crippen molar-refractivity contribution in [3.8, 4) is 5.75 Å². The lowest BCUT2D eigenvalue weighted by Gasteiger charge is -2.21. The summed E-state index contributed by atoms with van der Waals surface area (Å²) < 4.78 is 31.7. The zero-order chi connectivity index (χ0) is 24.2. The largest absolute Gasteiger partial charge is 0.497 e. The molecule has 34 heavy (non-hydrogen) atoms. The third kappa shape index (κ3) is 4.88. The number of methoxy groups -OCH3 is 1. The van der Waals surface area contributed by atoms with Crippen LogP contribution in [0.5, 0.6) is 5.75 Å². The normalized spacial score (nSPS) is 15.6. The van der Waals surface area contributed by atoms with Gasteiger partial charge in [0.2, 0.25) is 5.91 Å². The molecular formula is C25H21F2N3O4. The highest BCUT2D eigenvalue weighted by molar-refractivity contribution is 6.22. The molecule has 4 amide bonds. The zero-order valence-corrected chi connectivity index (χ0v) is 18.2. The predicted molar refractivity (Wildman–Crippen MR) is 121 cm³/mol. The Bertz CT molecular complexity index is 1220. The van der Waals surface area contributed by atoms with E-state index in [1.165, 1.54) is 60.5 Å². The molecule has 1 atom stereocenters. The van der Waals surface area contributed by atoms with Gasteiger partial charge >= 0.3 is 6.03 Å². The van der Waals surface area contributed by atoms with Crippen LogP contribution in [-0.2, 0) is 16.1 Å². The number of hydrogen-bond acceptors (Lipinski definition) is 4. The molecular weight excluding hydrogens is 444 g/mol. The second-order valence-electron chi connectivity index (χ2n) is 7.69. The summed E-state index contributed by atoms with van der Waals surface area (Å²) in [6, 6.07) is 15.5. The second-order valence-corrected chi connectivity index (χ2v) is 7.69. The fourth-order valence-corrected chi connectivity index (χ4v) is 3.71. The minimum absolute atomic E-state index is 0.000182. The quantitative estimate of drug-likeness (QED) is 0.527. The molecule has 174 valence electrons. The van der Waals surface area contributed by atoms with Crippen LogP contribution in [0.2, 0.25) is 0 Å². The number of hydrogen-bond donors (Lipinski definition) is 1. The topological polar surface area (TPSA) is 79.0 Å². The highest BCUT2D eigenvalue weighted by Gasteiger charge is 2.46. The van der Waals surface area contributed by atoms with Crippen molar-refractivity contribution in [3.63, 3.8) is 0 Å². The molecule has 0 unspecified atom stereocenters. The maximum Gasteiger partial charge on any atom is 0.332 e. The van der Waals surface area contributed by atoms with E-state index in [0.717, 1.165) is 4.90 Å². The Kier molecular flexibility index (Phi) is 6.53. The summed E-state index contributed by atoms with van der Waals surface area (Å²) in [5.74, 6) is -1.51. The Balaban J connectivity index is 1.61. The lowest BCUT2D eigenvalue weighted by Crippen LogP contribution is -2.37. The van der Waals surface area contributed by atoms with Crippen LogP contribution in [0.3, 0.4) is 0 Å². The van der Waals surface area contributed by atoms with Gasteiger partial charge in [-0.15, -0.1) is 0 Å². The van der Waals surface area contributed by atoms with E-state index in [9.17, 15) is 23.2 Å². The molecule has 1 saturated heterocycles. The van der Waals surface area contributed by atoms with Gasteiger partial charge in [-0.25, -0.2) is 18.5 Å². The maximum atomic E-state index is 13.3. The number of imide groups is 1. The third-order valence-corrected chi connectivity index (χ3v) is 5.40. The van der Waals surface area contributed by atoms with Gasteiger partial charge in [-0.3, -0.25) is 9.59 Å². The molecule has 0 aromatic heterocycles. The van der Waals surface area contributed by atoms with Gasteiger partial charge in [0.15, 0.2) is 0 Å². The number of ether oxygens (including phenoxy) is 1. The first kappa shape index (κ1) is 22.9. The van der Waals surface area contributed by atoms with Gasteiger partial charge in [0.05, 0.1) is 19.2 Å². The van der Waals surface area contributed by atoms with Crippen molar-refractivity contribution in [1.82, 2.24) is 4.90 Å². The van der Waals surface area contributed by atoms with Crippen LogP contribution >= 0.6 is 0 Å². The first-order chi connectivity index (χ1) is 16.4. The van der Waals surface area contributed by atoms with Crippen molar-refractivity contribution in [1.29, 1.82) is 0 Å². The summed E-state index contributed by atoms with van der Waals surface area (Å²) in [4.78, 5) is 41.6. The van der Waals surface area contributed by atoms with E-state index < -0.39 is 35.5 Å². The predicted octanol–water partition coefficient (Wildman–Crippen LogP) is 4.34. The molecule has 7 nitrogen and oxygen atoms in total. The third-order valence-electron chi connectivity index (χ3n) is 5.40. The van der Waals surface area contributed by atoms with Gasteiger partial charge in [0, 0.05) is 18.3 Å². The van der Waals surface area contributed by atoms with Crippen molar-refractivity contribution >= 4 is 29.2 Å². The Labute approximate surface area is 194 Å². The smallest absolute Gasteiger partial charge is 0.332 e. The summed E-state index contributed by atoms with van der Waals surface area (Å²) >= 11 is 0. The Hall–Kier alpha value is -4.27. The number of anilines is 2. The fraction of sp³-hybridized carbons (Fsp3) is 0.160. The van der Waals surface area contributed by atoms with Crippen LogP contribution in [0.1, 0.15) is 12.0 Å². The highest BCUT2D eigenvalue weighted by atomic mass is 19.1. The number of nitrogens with one attached hydrogen (secondary N) is 1. The molecule has 0 aliphatic carbocycles. The SMILES string of the molecule is COc1cccc(N2C(=O)[C@H](CC(=O)Nc3ccc(F)cc3)N(Cc3ccc(F)cc3)C2=O)c1. The summed E-state index contributed by atoms with van der Waals surface area (Å²) in [6.07, 6.45) is -0.316. The number of benzene rings is 3. The van der Waals surface area contributed by atoms with Crippen LogP contribution in [-0.4, -0.2) is 35.9 Å². The first-order valence-corrected chi connectivity index (χ1v) is 10.4. The van der Waals surface area contributed by atoms with Gasteiger partial charge in [-0.1, -0.05) is 18.2 Å². The molecule has 0 bridgehead atoms. The first-order valence-electron chi connectivity index (χ1n) is 10.4. The molecule has 1 aliphatic heterocycles. The number of nitrogens with zero attached hydrogens (tertiary/aromatic N) is 2. The Morgan fingerprint density at radius 3 is 2.26 bits per heavy atom. The van der Waals surface area contributed by atoms with Gasteiger partial charge in [0.25, 0.3) is 5.91 Å². The fourth-order valence-electron chi connectivity index (χ4n) is 3.71. The molecule has 1 heterocycles. The second kappa shape index (κ2) is 9.70. The summed E-state index contributed by atoms with van der Waals surface area (Å²) in [5.41, 5.74) is 1.26. The van der Waals surface area contributed by atoms with E-state index in [4.69, 9.17) is 4.74 Å². The lowest BCUT2D eigenvalue weighted by molar-refractivity contribution is -0.124. The van der Waals surface area contributed by atoms with Crippen molar-refractivity contribution in [2.45, 2.75) is 19.0 Å². The van der Waals surface area contributed by atoms with E-state index in [-0.39, 0.29) is 13.0 Å². The van der Waals surface area contributed by atoms with Gasteiger partial charge in [-0.05, 0) is 54.1 Å². The number of urea groups is 1. The molecule has 0 saturated carbocycles. The van der Waals surface area contributed by atoms with E-state index in [1.807, 2.05) is 0 Å². The lowest BCUT2D eigenvalue weighted by atomic mass is 10.1. The molecule has 3 aromatic rings. The minimum atomic E-state index is -1.09. The van der Waals surface area contributed by atoms with E-state index in [1.54, 1.807) is 24.3 Å². The Morgan fingerprint density at radius 1 is 0.971 bits per heavy atom. The molecule has 1 fully saturated rings. The van der Waals surface area contributed by atoms with Crippen LogP contribution in [0.25, 0.3) is 0 Å². The van der Waals surface area contributed by atoms with Crippen molar-refractivity contribution in [2.75, 3.05) is 17.3 Å². The van der Waals surface area contributed by atoms with Crippen LogP contribution in [0.15, 0.2) is 72.8 Å². The van der Waals surface area contributed by atoms with Crippen LogP contribution < -0.4 is 15.0 Å². The van der Waals surface area contributed by atoms with Crippen LogP contribution in [0, 0.1) is 11.6 Å². The molecule has 9 heteroatoms. The van der Waals surface area contributed by atoms with Crippen molar-refractivity contribution < 1.29 is 27.9 Å². The number of amides is 4. The highest BCUT2D eigenvalue weighted by Crippen LogP contribution is 2.30. The van der Waals surface area contributed by atoms with E-state index >= 15 is 0 Å². The zero-order valence-electron chi connectivity index (χ0n) is 18.2. The molecule has 0 spiro atoms. The van der Waals surface area contributed by atoms with Crippen LogP contribution in [0.4, 0.5) is 25.0 Å². The van der Waals surface area contributed by atoms with Crippen molar-refractivity contribution in [2.24, 2.45) is 0 Å².